The average Bonchev–Trinajstić information content (AvgIpc) is 3.04. The van der Waals surface area contributed by atoms with Crippen molar-refractivity contribution >= 4 is 17.7 Å². The van der Waals surface area contributed by atoms with Gasteiger partial charge in [0.25, 0.3) is 0 Å². The normalized spacial score (nSPS) is 18.8. The first kappa shape index (κ1) is 13.2. The standard InChI is InChI=1S/C15H17N3OS/c1-17-9-4-6-13(17)15-18(14(19)11-20-15)10-7-12-5-2-3-8-16-12/h2-6,8-9,15H,7,10-11H2,1H3. The lowest BCUT2D eigenvalue weighted by Crippen LogP contribution is -2.31. The van der Waals surface area contributed by atoms with E-state index in [1.54, 1.807) is 18.0 Å². The second kappa shape index (κ2) is 5.71. The van der Waals surface area contributed by atoms with E-state index >= 15 is 0 Å². The molecule has 2 aromatic heterocycles. The molecule has 0 radical (unpaired) electrons. The van der Waals surface area contributed by atoms with Gasteiger partial charge in [0.15, 0.2) is 0 Å². The molecule has 0 saturated carbocycles. The van der Waals surface area contributed by atoms with Crippen LogP contribution in [0.2, 0.25) is 0 Å². The van der Waals surface area contributed by atoms with Gasteiger partial charge < -0.3 is 9.47 Å². The Hall–Kier alpha value is -1.75. The molecule has 0 aromatic carbocycles. The van der Waals surface area contributed by atoms with Crippen LogP contribution in [0.4, 0.5) is 0 Å². The summed E-state index contributed by atoms with van der Waals surface area (Å²) in [6, 6.07) is 10.0. The maximum Gasteiger partial charge on any atom is 0.233 e. The summed E-state index contributed by atoms with van der Waals surface area (Å²) in [6.07, 6.45) is 4.62. The first-order valence-electron chi connectivity index (χ1n) is 6.68. The molecule has 0 bridgehead atoms. The van der Waals surface area contributed by atoms with E-state index in [2.05, 4.69) is 15.6 Å². The fourth-order valence-electron chi connectivity index (χ4n) is 2.45. The topological polar surface area (TPSA) is 38.1 Å². The van der Waals surface area contributed by atoms with Crippen LogP contribution in [0.3, 0.4) is 0 Å². The number of hydrogen-bond donors (Lipinski definition) is 0. The molecule has 5 heteroatoms. The van der Waals surface area contributed by atoms with Gasteiger partial charge >= 0.3 is 0 Å². The van der Waals surface area contributed by atoms with E-state index in [9.17, 15) is 4.79 Å². The number of amides is 1. The highest BCUT2D eigenvalue weighted by Crippen LogP contribution is 2.38. The van der Waals surface area contributed by atoms with Crippen LogP contribution in [0, 0.1) is 0 Å². The molecule has 1 amide bonds. The number of hydrogen-bond acceptors (Lipinski definition) is 3. The predicted molar refractivity (Wildman–Crippen MR) is 80.3 cm³/mol. The van der Waals surface area contributed by atoms with Crippen LogP contribution in [0.1, 0.15) is 16.8 Å². The van der Waals surface area contributed by atoms with Crippen LogP contribution in [0.5, 0.6) is 0 Å². The molecule has 1 aliphatic rings. The molecule has 104 valence electrons. The minimum absolute atomic E-state index is 0.131. The van der Waals surface area contributed by atoms with Gasteiger partial charge in [-0.05, 0) is 24.3 Å². The summed E-state index contributed by atoms with van der Waals surface area (Å²) in [7, 11) is 2.02. The Morgan fingerprint density at radius 2 is 2.25 bits per heavy atom. The Morgan fingerprint density at radius 3 is 2.95 bits per heavy atom. The number of nitrogens with zero attached hydrogens (tertiary/aromatic N) is 3. The Bertz CT molecular complexity index is 596. The van der Waals surface area contributed by atoms with E-state index in [1.807, 2.05) is 42.4 Å². The van der Waals surface area contributed by atoms with E-state index in [-0.39, 0.29) is 11.3 Å². The molecule has 1 saturated heterocycles. The van der Waals surface area contributed by atoms with Crippen LogP contribution in [0.25, 0.3) is 0 Å². The van der Waals surface area contributed by atoms with Crippen molar-refractivity contribution in [3.05, 3.63) is 54.1 Å². The number of carbonyl (C=O) groups is 1. The van der Waals surface area contributed by atoms with Crippen LogP contribution < -0.4 is 0 Å². The second-order valence-corrected chi connectivity index (χ2v) is 5.93. The Balaban J connectivity index is 1.73. The maximum atomic E-state index is 12.1. The molecular weight excluding hydrogens is 270 g/mol. The number of pyridine rings is 1. The zero-order valence-electron chi connectivity index (χ0n) is 11.4. The summed E-state index contributed by atoms with van der Waals surface area (Å²) in [5.74, 6) is 0.787. The molecular formula is C15H17N3OS. The maximum absolute atomic E-state index is 12.1. The summed E-state index contributed by atoms with van der Waals surface area (Å²) in [5, 5.41) is 0.131. The molecule has 3 rings (SSSR count). The number of thioether (sulfide) groups is 1. The van der Waals surface area contributed by atoms with Crippen molar-refractivity contribution in [1.29, 1.82) is 0 Å². The van der Waals surface area contributed by atoms with Gasteiger partial charge in [-0.3, -0.25) is 9.78 Å². The minimum Gasteiger partial charge on any atom is -0.352 e. The highest BCUT2D eigenvalue weighted by Gasteiger charge is 2.33. The highest BCUT2D eigenvalue weighted by atomic mass is 32.2. The van der Waals surface area contributed by atoms with Crippen molar-refractivity contribution in [2.24, 2.45) is 7.05 Å². The summed E-state index contributed by atoms with van der Waals surface area (Å²) < 4.78 is 2.09. The summed E-state index contributed by atoms with van der Waals surface area (Å²) in [6.45, 7) is 0.721. The Kier molecular flexibility index (Phi) is 3.78. The molecule has 1 atom stereocenters. The average molecular weight is 287 g/mol. The number of carbonyl (C=O) groups excluding carboxylic acids is 1. The second-order valence-electron chi connectivity index (χ2n) is 4.87. The monoisotopic (exact) mass is 287 g/mol. The molecule has 0 N–H and O–H groups in total. The van der Waals surface area contributed by atoms with Gasteiger partial charge in [-0.15, -0.1) is 11.8 Å². The third-order valence-corrected chi connectivity index (χ3v) is 4.77. The zero-order valence-corrected chi connectivity index (χ0v) is 12.2. The third-order valence-electron chi connectivity index (χ3n) is 3.54. The summed E-state index contributed by atoms with van der Waals surface area (Å²) in [5.41, 5.74) is 2.21. The van der Waals surface area contributed by atoms with Gasteiger partial charge in [-0.2, -0.15) is 0 Å². The highest BCUT2D eigenvalue weighted by molar-refractivity contribution is 8.00. The van der Waals surface area contributed by atoms with Crippen molar-refractivity contribution < 1.29 is 4.79 Å². The van der Waals surface area contributed by atoms with Crippen LogP contribution in [-0.2, 0) is 18.3 Å². The van der Waals surface area contributed by atoms with Crippen LogP contribution in [-0.4, -0.2) is 32.7 Å². The lowest BCUT2D eigenvalue weighted by atomic mass is 10.2. The molecule has 3 heterocycles. The molecule has 4 nitrogen and oxygen atoms in total. The zero-order chi connectivity index (χ0) is 13.9. The van der Waals surface area contributed by atoms with Crippen molar-refractivity contribution in [2.75, 3.05) is 12.3 Å². The number of aromatic nitrogens is 2. The van der Waals surface area contributed by atoms with E-state index in [0.717, 1.165) is 18.7 Å². The van der Waals surface area contributed by atoms with Crippen LogP contribution >= 0.6 is 11.8 Å². The van der Waals surface area contributed by atoms with Crippen molar-refractivity contribution in [1.82, 2.24) is 14.5 Å². The first-order chi connectivity index (χ1) is 9.75. The molecule has 2 aromatic rings. The van der Waals surface area contributed by atoms with Gasteiger partial charge in [0.2, 0.25) is 5.91 Å². The Labute approximate surface area is 122 Å². The Morgan fingerprint density at radius 1 is 1.35 bits per heavy atom. The largest absolute Gasteiger partial charge is 0.352 e. The van der Waals surface area contributed by atoms with E-state index in [1.165, 1.54) is 5.69 Å². The van der Waals surface area contributed by atoms with Gasteiger partial charge in [0.05, 0.1) is 11.4 Å². The van der Waals surface area contributed by atoms with Gasteiger partial charge in [0.1, 0.15) is 5.37 Å². The summed E-state index contributed by atoms with van der Waals surface area (Å²) >= 11 is 1.70. The van der Waals surface area contributed by atoms with Crippen molar-refractivity contribution in [3.63, 3.8) is 0 Å². The lowest BCUT2D eigenvalue weighted by Gasteiger charge is -2.24. The van der Waals surface area contributed by atoms with E-state index in [4.69, 9.17) is 0 Å². The predicted octanol–water partition coefficient (Wildman–Crippen LogP) is 2.24. The quantitative estimate of drug-likeness (QED) is 0.865. The minimum atomic E-state index is 0.131. The summed E-state index contributed by atoms with van der Waals surface area (Å²) in [4.78, 5) is 18.4. The van der Waals surface area contributed by atoms with Gasteiger partial charge in [0, 0.05) is 38.1 Å². The van der Waals surface area contributed by atoms with Crippen LogP contribution in [0.15, 0.2) is 42.7 Å². The number of aryl methyl sites for hydroxylation is 1. The molecule has 20 heavy (non-hydrogen) atoms. The van der Waals surface area contributed by atoms with Gasteiger partial charge in [-0.25, -0.2) is 0 Å². The number of rotatable bonds is 4. The fraction of sp³-hybridized carbons (Fsp3) is 0.333. The first-order valence-corrected chi connectivity index (χ1v) is 7.73. The van der Waals surface area contributed by atoms with E-state index in [0.29, 0.717) is 5.75 Å². The molecule has 0 spiro atoms. The smallest absolute Gasteiger partial charge is 0.233 e. The van der Waals surface area contributed by atoms with Crippen molar-refractivity contribution in [3.8, 4) is 0 Å². The molecule has 0 aliphatic carbocycles. The molecule has 1 fully saturated rings. The lowest BCUT2D eigenvalue weighted by molar-refractivity contribution is -0.128. The van der Waals surface area contributed by atoms with Gasteiger partial charge in [-0.1, -0.05) is 6.07 Å². The third kappa shape index (κ3) is 2.58. The van der Waals surface area contributed by atoms with E-state index < -0.39 is 0 Å². The SMILES string of the molecule is Cn1cccc1C1SCC(=O)N1CCc1ccccn1. The molecule has 1 aliphatic heterocycles. The molecule has 1 unspecified atom stereocenters. The van der Waals surface area contributed by atoms with Crippen molar-refractivity contribution in [2.45, 2.75) is 11.8 Å². The fourth-order valence-corrected chi connectivity index (χ4v) is 3.74.